The zero-order valence-corrected chi connectivity index (χ0v) is 11.9. The molecule has 3 heterocycles. The van der Waals surface area contributed by atoms with E-state index in [1.807, 2.05) is 10.3 Å². The summed E-state index contributed by atoms with van der Waals surface area (Å²) in [5.74, 6) is 0.567. The molecule has 1 saturated heterocycles. The van der Waals surface area contributed by atoms with Gasteiger partial charge >= 0.3 is 0 Å². The van der Waals surface area contributed by atoms with E-state index in [-0.39, 0.29) is 12.6 Å². The van der Waals surface area contributed by atoms with Gasteiger partial charge in [-0.15, -0.1) is 11.3 Å². The van der Waals surface area contributed by atoms with E-state index in [1.165, 1.54) is 0 Å². The highest BCUT2D eigenvalue weighted by molar-refractivity contribution is 9.10. The van der Waals surface area contributed by atoms with E-state index in [9.17, 15) is 10.2 Å². The van der Waals surface area contributed by atoms with Crippen molar-refractivity contribution < 1.29 is 10.2 Å². The molecule has 5 nitrogen and oxygen atoms in total. The quantitative estimate of drug-likeness (QED) is 0.871. The summed E-state index contributed by atoms with van der Waals surface area (Å²) in [6.45, 7) is 0.474. The monoisotopic (exact) mass is 329 g/mol. The Hall–Kier alpha value is -0.760. The van der Waals surface area contributed by atoms with Crippen LogP contribution >= 0.6 is 27.3 Å². The lowest BCUT2D eigenvalue weighted by atomic mass is 10.2. The van der Waals surface area contributed by atoms with Gasteiger partial charge in [-0.2, -0.15) is 0 Å². The van der Waals surface area contributed by atoms with Gasteiger partial charge in [-0.05, 0) is 22.4 Å². The lowest BCUT2D eigenvalue weighted by Crippen LogP contribution is -2.33. The number of aromatic nitrogens is 2. The summed E-state index contributed by atoms with van der Waals surface area (Å²) in [5, 5.41) is 21.0. The van der Waals surface area contributed by atoms with Crippen LogP contribution in [0.5, 0.6) is 0 Å². The van der Waals surface area contributed by atoms with Crippen molar-refractivity contribution >= 4 is 43.4 Å². The van der Waals surface area contributed by atoms with Crippen molar-refractivity contribution in [3.05, 3.63) is 16.0 Å². The Morgan fingerprint density at radius 2 is 2.39 bits per heavy atom. The number of anilines is 1. The van der Waals surface area contributed by atoms with E-state index in [0.717, 1.165) is 14.7 Å². The van der Waals surface area contributed by atoms with Gasteiger partial charge in [0.2, 0.25) is 5.95 Å². The molecule has 0 unspecified atom stereocenters. The first kappa shape index (κ1) is 12.3. The van der Waals surface area contributed by atoms with E-state index in [0.29, 0.717) is 18.9 Å². The second-order valence-corrected chi connectivity index (χ2v) is 6.11. The van der Waals surface area contributed by atoms with E-state index in [1.54, 1.807) is 17.5 Å². The predicted octanol–water partition coefficient (Wildman–Crippen LogP) is 1.39. The molecule has 2 N–H and O–H groups in total. The van der Waals surface area contributed by atoms with Crippen LogP contribution in [0.15, 0.2) is 16.0 Å². The Balaban J connectivity index is 2.00. The van der Waals surface area contributed by atoms with Gasteiger partial charge < -0.3 is 15.1 Å². The van der Waals surface area contributed by atoms with Crippen molar-refractivity contribution in [2.75, 3.05) is 18.1 Å². The normalized spacial score (nSPS) is 24.1. The third-order valence-electron chi connectivity index (χ3n) is 3.12. The Labute approximate surface area is 116 Å². The van der Waals surface area contributed by atoms with E-state index in [2.05, 4.69) is 25.9 Å². The summed E-state index contributed by atoms with van der Waals surface area (Å²) < 4.78 is 1.97. The number of halogens is 1. The minimum Gasteiger partial charge on any atom is -0.394 e. The molecule has 2 aromatic heterocycles. The minimum absolute atomic E-state index is 0.00324. The van der Waals surface area contributed by atoms with Crippen LogP contribution in [0.25, 0.3) is 10.2 Å². The molecule has 0 spiro atoms. The number of aliphatic hydroxyl groups is 2. The molecule has 1 aliphatic heterocycles. The molecular weight excluding hydrogens is 318 g/mol. The maximum atomic E-state index is 9.67. The highest BCUT2D eigenvalue weighted by Gasteiger charge is 2.32. The molecule has 3 rings (SSSR count). The first-order chi connectivity index (χ1) is 8.69. The fraction of sp³-hybridized carbons (Fsp3) is 0.455. The van der Waals surface area contributed by atoms with E-state index in [4.69, 9.17) is 0 Å². The maximum Gasteiger partial charge on any atom is 0.226 e. The predicted molar refractivity (Wildman–Crippen MR) is 74.0 cm³/mol. The third-order valence-corrected chi connectivity index (χ3v) is 4.93. The molecule has 1 aliphatic rings. The molecule has 1 fully saturated rings. The van der Waals surface area contributed by atoms with Crippen molar-refractivity contribution in [2.45, 2.75) is 18.6 Å². The van der Waals surface area contributed by atoms with Crippen LogP contribution in [0.4, 0.5) is 5.95 Å². The lowest BCUT2D eigenvalue weighted by molar-refractivity contribution is 0.184. The SMILES string of the molecule is OC[C@@H]1C[C@H](O)CN1c1ncc2scc(Br)c2n1. The first-order valence-corrected chi connectivity index (χ1v) is 7.31. The summed E-state index contributed by atoms with van der Waals surface area (Å²) in [6, 6.07) is -0.102. The van der Waals surface area contributed by atoms with Gasteiger partial charge in [0.05, 0.1) is 34.1 Å². The van der Waals surface area contributed by atoms with Crippen LogP contribution in [0.1, 0.15) is 6.42 Å². The van der Waals surface area contributed by atoms with Gasteiger partial charge in [0, 0.05) is 11.9 Å². The Morgan fingerprint density at radius 1 is 1.56 bits per heavy atom. The summed E-state index contributed by atoms with van der Waals surface area (Å²) >= 11 is 5.04. The van der Waals surface area contributed by atoms with Crippen molar-refractivity contribution in [1.82, 2.24) is 9.97 Å². The van der Waals surface area contributed by atoms with Crippen LogP contribution in [0.2, 0.25) is 0 Å². The topological polar surface area (TPSA) is 69.5 Å². The highest BCUT2D eigenvalue weighted by atomic mass is 79.9. The third kappa shape index (κ3) is 2.01. The molecule has 7 heteroatoms. The first-order valence-electron chi connectivity index (χ1n) is 5.64. The van der Waals surface area contributed by atoms with Crippen LogP contribution in [0.3, 0.4) is 0 Å². The average molecular weight is 330 g/mol. The zero-order valence-electron chi connectivity index (χ0n) is 9.45. The molecule has 18 heavy (non-hydrogen) atoms. The second-order valence-electron chi connectivity index (χ2n) is 4.34. The van der Waals surface area contributed by atoms with Gasteiger partial charge in [0.25, 0.3) is 0 Å². The van der Waals surface area contributed by atoms with Crippen molar-refractivity contribution in [3.63, 3.8) is 0 Å². The summed E-state index contributed by atoms with van der Waals surface area (Å²) in [5.41, 5.74) is 0.878. The van der Waals surface area contributed by atoms with Gasteiger partial charge in [0.1, 0.15) is 5.52 Å². The van der Waals surface area contributed by atoms with Crippen molar-refractivity contribution in [3.8, 4) is 0 Å². The molecule has 0 aliphatic carbocycles. The average Bonchev–Trinajstić information content (AvgIpc) is 2.93. The molecule has 96 valence electrons. The van der Waals surface area contributed by atoms with Crippen molar-refractivity contribution in [2.24, 2.45) is 0 Å². The molecule has 2 aromatic rings. The van der Waals surface area contributed by atoms with E-state index < -0.39 is 6.10 Å². The number of hydrogen-bond donors (Lipinski definition) is 2. The number of hydrogen-bond acceptors (Lipinski definition) is 6. The van der Waals surface area contributed by atoms with Crippen LogP contribution in [0, 0.1) is 0 Å². The van der Waals surface area contributed by atoms with Gasteiger partial charge in [0.15, 0.2) is 0 Å². The highest BCUT2D eigenvalue weighted by Crippen LogP contribution is 2.31. The summed E-state index contributed by atoms with van der Waals surface area (Å²) in [4.78, 5) is 10.7. The fourth-order valence-corrected chi connectivity index (χ4v) is 3.67. The fourth-order valence-electron chi connectivity index (χ4n) is 2.24. The van der Waals surface area contributed by atoms with Crippen molar-refractivity contribution in [1.29, 1.82) is 0 Å². The Kier molecular flexibility index (Phi) is 3.23. The molecule has 0 amide bonds. The Morgan fingerprint density at radius 3 is 3.17 bits per heavy atom. The maximum absolute atomic E-state index is 9.67. The van der Waals surface area contributed by atoms with Gasteiger partial charge in [-0.1, -0.05) is 0 Å². The molecule has 2 atom stereocenters. The van der Waals surface area contributed by atoms with Crippen LogP contribution in [-0.2, 0) is 0 Å². The molecular formula is C11H12BrN3O2S. The zero-order chi connectivity index (χ0) is 12.7. The number of fused-ring (bicyclic) bond motifs is 1. The second kappa shape index (κ2) is 4.73. The molecule has 0 saturated carbocycles. The smallest absolute Gasteiger partial charge is 0.226 e. The number of aliphatic hydroxyl groups excluding tert-OH is 2. The van der Waals surface area contributed by atoms with Gasteiger partial charge in [-0.25, -0.2) is 9.97 Å². The number of rotatable bonds is 2. The minimum atomic E-state index is -0.424. The lowest BCUT2D eigenvalue weighted by Gasteiger charge is -2.22. The van der Waals surface area contributed by atoms with Crippen LogP contribution in [-0.4, -0.2) is 45.5 Å². The van der Waals surface area contributed by atoms with Gasteiger partial charge in [-0.3, -0.25) is 0 Å². The number of thiophene rings is 1. The molecule has 0 radical (unpaired) electrons. The molecule has 0 aromatic carbocycles. The number of nitrogens with zero attached hydrogens (tertiary/aromatic N) is 3. The largest absolute Gasteiger partial charge is 0.394 e. The Bertz CT molecular complexity index is 576. The number of β-amino-alcohol motifs (C(OH)–C–C–N with tert-alkyl or cyclic N) is 1. The summed E-state index contributed by atoms with van der Waals surface area (Å²) in [6.07, 6.45) is 1.92. The van der Waals surface area contributed by atoms with Crippen LogP contribution < -0.4 is 4.90 Å². The summed E-state index contributed by atoms with van der Waals surface area (Å²) in [7, 11) is 0. The standard InChI is InChI=1S/C11H12BrN3O2S/c12-8-5-18-9-2-13-11(14-10(8)9)15-3-7(17)1-6(15)4-16/h2,5-7,16-17H,1,3-4H2/t6-,7-/m0/s1. The van der Waals surface area contributed by atoms with E-state index >= 15 is 0 Å². The molecule has 0 bridgehead atoms.